The van der Waals surface area contributed by atoms with Gasteiger partial charge in [0.15, 0.2) is 6.23 Å². The number of rotatable bonds is 2. The van der Waals surface area contributed by atoms with Crippen LogP contribution in [0.5, 0.6) is 0 Å². The van der Waals surface area contributed by atoms with Crippen molar-refractivity contribution >= 4 is 49.5 Å². The summed E-state index contributed by atoms with van der Waals surface area (Å²) < 4.78 is 8.81. The highest BCUT2D eigenvalue weighted by Crippen LogP contribution is 2.46. The average molecular weight is 512 g/mol. The molecule has 0 radical (unpaired) electrons. The largest absolute Gasteiger partial charge is 0.387 e. The van der Waals surface area contributed by atoms with Crippen molar-refractivity contribution in [3.05, 3.63) is 52.9 Å². The van der Waals surface area contributed by atoms with Gasteiger partial charge in [0, 0.05) is 24.2 Å². The first-order chi connectivity index (χ1) is 15.9. The SMILES string of the molecule is Nc1nc2cc(C3CC4(CN3)OC(n3ccc5c(N)ncnc53)C(O)C4O)ccc2cc1Br. The summed E-state index contributed by atoms with van der Waals surface area (Å²) in [5.74, 6) is 0.779. The van der Waals surface area contributed by atoms with Crippen LogP contribution >= 0.6 is 15.9 Å². The summed E-state index contributed by atoms with van der Waals surface area (Å²) in [5.41, 5.74) is 13.3. The molecule has 0 aliphatic carbocycles. The smallest absolute Gasteiger partial charge is 0.164 e. The van der Waals surface area contributed by atoms with Crippen LogP contribution in [-0.2, 0) is 4.74 Å². The molecule has 2 saturated heterocycles. The number of nitrogens with zero attached hydrogens (tertiary/aromatic N) is 4. The number of nitrogens with one attached hydrogen (secondary N) is 1. The van der Waals surface area contributed by atoms with Gasteiger partial charge >= 0.3 is 0 Å². The Hall–Kier alpha value is -2.83. The number of hydrogen-bond acceptors (Lipinski definition) is 9. The molecule has 1 aromatic carbocycles. The molecule has 4 aromatic rings. The lowest BCUT2D eigenvalue weighted by Crippen LogP contribution is -2.44. The zero-order chi connectivity index (χ0) is 22.9. The second kappa shape index (κ2) is 7.34. The molecule has 2 aliphatic heterocycles. The number of aromatic nitrogens is 4. The summed E-state index contributed by atoms with van der Waals surface area (Å²) in [7, 11) is 0. The number of fused-ring (bicyclic) bond motifs is 2. The first kappa shape index (κ1) is 20.8. The summed E-state index contributed by atoms with van der Waals surface area (Å²) in [5, 5.41) is 27.0. The van der Waals surface area contributed by atoms with E-state index in [0.29, 0.717) is 35.6 Å². The number of benzene rings is 1. The number of aliphatic hydroxyl groups excluding tert-OH is 2. The maximum absolute atomic E-state index is 11.0. The van der Waals surface area contributed by atoms with Crippen molar-refractivity contribution in [1.82, 2.24) is 24.8 Å². The van der Waals surface area contributed by atoms with Gasteiger partial charge in [0.2, 0.25) is 0 Å². The fourth-order valence-corrected chi connectivity index (χ4v) is 5.33. The molecular formula is C22H22BrN7O3. The van der Waals surface area contributed by atoms with E-state index >= 15 is 0 Å². The van der Waals surface area contributed by atoms with Crippen LogP contribution in [0.25, 0.3) is 21.9 Å². The Morgan fingerprint density at radius 3 is 2.85 bits per heavy atom. The third kappa shape index (κ3) is 3.11. The van der Waals surface area contributed by atoms with Gasteiger partial charge in [-0.3, -0.25) is 0 Å². The molecule has 5 atom stereocenters. The number of aliphatic hydroxyl groups is 2. The Balaban J connectivity index is 1.30. The van der Waals surface area contributed by atoms with Crippen LogP contribution in [0.4, 0.5) is 11.6 Å². The van der Waals surface area contributed by atoms with Crippen LogP contribution < -0.4 is 16.8 Å². The predicted molar refractivity (Wildman–Crippen MR) is 126 cm³/mol. The van der Waals surface area contributed by atoms with Gasteiger partial charge in [-0.2, -0.15) is 0 Å². The monoisotopic (exact) mass is 511 g/mol. The van der Waals surface area contributed by atoms with Crippen molar-refractivity contribution in [2.24, 2.45) is 0 Å². The van der Waals surface area contributed by atoms with E-state index in [2.05, 4.69) is 36.2 Å². The quantitative estimate of drug-likeness (QED) is 0.269. The fraction of sp³-hybridized carbons (Fsp3) is 0.318. The maximum Gasteiger partial charge on any atom is 0.164 e. The minimum Gasteiger partial charge on any atom is -0.387 e. The second-order valence-corrected chi connectivity index (χ2v) is 9.53. The molecule has 2 fully saturated rings. The Labute approximate surface area is 196 Å². The van der Waals surface area contributed by atoms with Crippen molar-refractivity contribution in [3.8, 4) is 0 Å². The third-order valence-electron chi connectivity index (χ3n) is 6.75. The minimum atomic E-state index is -1.13. The second-order valence-electron chi connectivity index (χ2n) is 8.67. The van der Waals surface area contributed by atoms with E-state index in [9.17, 15) is 10.2 Å². The molecule has 1 spiro atoms. The van der Waals surface area contributed by atoms with Crippen LogP contribution in [-0.4, -0.2) is 54.1 Å². The molecule has 170 valence electrons. The molecule has 10 nitrogen and oxygen atoms in total. The normalized spacial score (nSPS) is 29.5. The molecule has 6 rings (SSSR count). The number of halogens is 1. The Morgan fingerprint density at radius 1 is 1.15 bits per heavy atom. The van der Waals surface area contributed by atoms with E-state index < -0.39 is 24.0 Å². The molecule has 5 unspecified atom stereocenters. The van der Waals surface area contributed by atoms with Gasteiger partial charge in [0.25, 0.3) is 0 Å². The van der Waals surface area contributed by atoms with Crippen LogP contribution in [0.3, 0.4) is 0 Å². The highest BCUT2D eigenvalue weighted by atomic mass is 79.9. The van der Waals surface area contributed by atoms with Crippen molar-refractivity contribution in [1.29, 1.82) is 0 Å². The third-order valence-corrected chi connectivity index (χ3v) is 7.38. The standard InChI is InChI=1S/C22H22BrN7O3/c23-13-5-10-1-2-11(6-14(10)29-19(13)25)15-7-22(8-26-15)17(32)16(31)21(33-22)30-4-3-12-18(24)27-9-28-20(12)30/h1-6,9,15-17,21,26,31-32H,7-8H2,(H2,25,29)(H2,24,27,28). The van der Waals surface area contributed by atoms with Crippen LogP contribution in [0, 0.1) is 0 Å². The van der Waals surface area contributed by atoms with E-state index in [1.165, 1.54) is 6.33 Å². The summed E-state index contributed by atoms with van der Waals surface area (Å²) in [6.45, 7) is 0.386. The molecule has 2 aliphatic rings. The van der Waals surface area contributed by atoms with Crippen molar-refractivity contribution < 1.29 is 14.9 Å². The van der Waals surface area contributed by atoms with Crippen molar-refractivity contribution in [2.45, 2.75) is 36.5 Å². The van der Waals surface area contributed by atoms with Crippen LogP contribution in [0.1, 0.15) is 24.3 Å². The molecule has 7 N–H and O–H groups in total. The number of pyridine rings is 1. The zero-order valence-electron chi connectivity index (χ0n) is 17.4. The number of anilines is 2. The van der Waals surface area contributed by atoms with E-state index in [1.807, 2.05) is 24.3 Å². The van der Waals surface area contributed by atoms with Crippen molar-refractivity contribution in [2.75, 3.05) is 18.0 Å². The Bertz CT molecular complexity index is 1400. The molecule has 0 saturated carbocycles. The fourth-order valence-electron chi connectivity index (χ4n) is 4.99. The lowest BCUT2D eigenvalue weighted by molar-refractivity contribution is -0.0912. The maximum atomic E-state index is 11.0. The average Bonchev–Trinajstić information content (AvgIpc) is 3.48. The zero-order valence-corrected chi connectivity index (χ0v) is 19.0. The Kier molecular flexibility index (Phi) is 4.61. The first-order valence-corrected chi connectivity index (χ1v) is 11.4. The van der Waals surface area contributed by atoms with Gasteiger partial charge in [-0.1, -0.05) is 12.1 Å². The highest BCUT2D eigenvalue weighted by Gasteiger charge is 2.58. The number of nitrogen functional groups attached to an aromatic ring is 2. The number of ether oxygens (including phenoxy) is 1. The van der Waals surface area contributed by atoms with Crippen molar-refractivity contribution in [3.63, 3.8) is 0 Å². The molecule has 3 aromatic heterocycles. The molecule has 0 bridgehead atoms. The summed E-state index contributed by atoms with van der Waals surface area (Å²) >= 11 is 3.41. The summed E-state index contributed by atoms with van der Waals surface area (Å²) in [6.07, 6.45) is 0.577. The summed E-state index contributed by atoms with van der Waals surface area (Å²) in [6, 6.07) is 9.64. The Morgan fingerprint density at radius 2 is 2.00 bits per heavy atom. The number of hydrogen-bond donors (Lipinski definition) is 5. The highest BCUT2D eigenvalue weighted by molar-refractivity contribution is 9.10. The topological polar surface area (TPSA) is 157 Å². The minimum absolute atomic E-state index is 0.0824. The van der Waals surface area contributed by atoms with Gasteiger partial charge in [-0.05, 0) is 46.1 Å². The lowest BCUT2D eigenvalue weighted by atomic mass is 9.90. The van der Waals surface area contributed by atoms with E-state index in [4.69, 9.17) is 16.2 Å². The lowest BCUT2D eigenvalue weighted by Gasteiger charge is -2.26. The molecule has 5 heterocycles. The van der Waals surface area contributed by atoms with Gasteiger partial charge in [-0.15, -0.1) is 0 Å². The molecule has 11 heteroatoms. The molecular weight excluding hydrogens is 490 g/mol. The van der Waals surface area contributed by atoms with Crippen LogP contribution in [0.15, 0.2) is 47.3 Å². The molecule has 0 amide bonds. The van der Waals surface area contributed by atoms with E-state index in [0.717, 1.165) is 20.9 Å². The summed E-state index contributed by atoms with van der Waals surface area (Å²) in [4.78, 5) is 12.8. The van der Waals surface area contributed by atoms with Gasteiger partial charge < -0.3 is 36.3 Å². The van der Waals surface area contributed by atoms with Crippen LogP contribution in [0.2, 0.25) is 0 Å². The van der Waals surface area contributed by atoms with E-state index in [1.54, 1.807) is 16.8 Å². The predicted octanol–water partition coefficient (Wildman–Crippen LogP) is 1.63. The van der Waals surface area contributed by atoms with E-state index in [-0.39, 0.29) is 6.04 Å². The van der Waals surface area contributed by atoms with Gasteiger partial charge in [0.05, 0.1) is 15.4 Å². The first-order valence-electron chi connectivity index (χ1n) is 10.6. The van der Waals surface area contributed by atoms with Gasteiger partial charge in [0.1, 0.15) is 41.4 Å². The van der Waals surface area contributed by atoms with Gasteiger partial charge in [-0.25, -0.2) is 15.0 Å². The number of nitrogens with two attached hydrogens (primary N) is 2. The molecule has 33 heavy (non-hydrogen) atoms.